The lowest BCUT2D eigenvalue weighted by Crippen LogP contribution is -2.60. The zero-order chi connectivity index (χ0) is 54.1. The van der Waals surface area contributed by atoms with Crippen molar-refractivity contribution in [3.63, 3.8) is 0 Å². The van der Waals surface area contributed by atoms with Crippen LogP contribution in [0.5, 0.6) is 17.2 Å². The van der Waals surface area contributed by atoms with E-state index >= 15 is 0 Å². The van der Waals surface area contributed by atoms with Gasteiger partial charge in [0.25, 0.3) is 21.6 Å². The van der Waals surface area contributed by atoms with Gasteiger partial charge in [0.15, 0.2) is 0 Å². The third kappa shape index (κ3) is 12.4. The van der Waals surface area contributed by atoms with E-state index in [9.17, 15) is 28.4 Å². The Bertz CT molecular complexity index is 3170. The molecule has 2 aliphatic carbocycles. The van der Waals surface area contributed by atoms with Gasteiger partial charge in [-0.15, -0.1) is 0 Å². The molecule has 1 amide bonds. The first-order valence-electron chi connectivity index (χ1n) is 27.5. The van der Waals surface area contributed by atoms with Gasteiger partial charge in [0, 0.05) is 87.3 Å². The van der Waals surface area contributed by atoms with Gasteiger partial charge in [0.05, 0.1) is 33.8 Å². The highest BCUT2D eigenvalue weighted by Gasteiger charge is 2.50. The number of amides is 1. The molecular weight excluding hydrogens is 993 g/mol. The Kier molecular flexibility index (Phi) is 15.7. The summed E-state index contributed by atoms with van der Waals surface area (Å²) in [6.07, 6.45) is 10.4. The zero-order valence-electron chi connectivity index (χ0n) is 45.0. The van der Waals surface area contributed by atoms with Crippen LogP contribution in [0, 0.1) is 27.4 Å². The molecule has 2 aliphatic heterocycles. The van der Waals surface area contributed by atoms with E-state index in [2.05, 4.69) is 111 Å². The molecule has 17 heteroatoms. The summed E-state index contributed by atoms with van der Waals surface area (Å²) in [7, 11) is -4.59. The number of anilines is 2. The second-order valence-corrected chi connectivity index (χ2v) is 24.9. The number of nitrogens with zero attached hydrogens (tertiary/aromatic N) is 5. The number of carbonyl (C=O) groups is 1. The smallest absolute Gasteiger partial charge is 0.293 e. The van der Waals surface area contributed by atoms with E-state index in [1.807, 2.05) is 19.1 Å². The summed E-state index contributed by atoms with van der Waals surface area (Å²) in [6, 6.07) is 30.8. The maximum absolute atomic E-state index is 14.1. The van der Waals surface area contributed by atoms with Gasteiger partial charge in [0.2, 0.25) is 0 Å². The minimum Gasteiger partial charge on any atom is -0.493 e. The minimum atomic E-state index is -4.59. The zero-order valence-corrected chi connectivity index (χ0v) is 45.9. The molecule has 0 bridgehead atoms. The molecule has 0 radical (unpaired) electrons. The highest BCUT2D eigenvalue weighted by atomic mass is 32.2. The molecule has 2 saturated carbocycles. The number of sulfonamides is 1. The Morgan fingerprint density at radius 3 is 2.39 bits per heavy atom. The molecule has 77 heavy (non-hydrogen) atoms. The van der Waals surface area contributed by atoms with Crippen molar-refractivity contribution in [1.82, 2.24) is 24.5 Å². The van der Waals surface area contributed by atoms with Crippen molar-refractivity contribution in [1.29, 1.82) is 0 Å². The number of ether oxygens (including phenoxy) is 2. The highest BCUT2D eigenvalue weighted by molar-refractivity contribution is 7.90. The van der Waals surface area contributed by atoms with Crippen LogP contribution >= 0.6 is 0 Å². The highest BCUT2D eigenvalue weighted by Crippen LogP contribution is 2.53. The van der Waals surface area contributed by atoms with Gasteiger partial charge in [0.1, 0.15) is 28.6 Å². The number of nitrogens with one attached hydrogen (secondary N) is 3. The molecule has 0 unspecified atom stereocenters. The van der Waals surface area contributed by atoms with Crippen LogP contribution in [0.15, 0.2) is 114 Å². The number of carbonyl (C=O) groups excluding carboxylic acids is 1. The summed E-state index contributed by atoms with van der Waals surface area (Å²) >= 11 is 0. The molecule has 2 saturated heterocycles. The van der Waals surface area contributed by atoms with Crippen LogP contribution in [0.1, 0.15) is 125 Å². The lowest BCUT2D eigenvalue weighted by atomic mass is 9.59. The monoisotopic (exact) mass is 1070 g/mol. The number of piperazine rings is 1. The number of hydrogen-bond acceptors (Lipinski definition) is 13. The lowest BCUT2D eigenvalue weighted by Gasteiger charge is -2.58. The van der Waals surface area contributed by atoms with E-state index in [0.717, 1.165) is 101 Å². The molecule has 2 aromatic heterocycles. The van der Waals surface area contributed by atoms with Gasteiger partial charge in [-0.3, -0.25) is 24.7 Å². The fourth-order valence-corrected chi connectivity index (χ4v) is 13.1. The molecule has 4 fully saturated rings. The molecule has 6 aromatic rings. The van der Waals surface area contributed by atoms with Crippen molar-refractivity contribution in [3.8, 4) is 17.2 Å². The Morgan fingerprint density at radius 1 is 0.909 bits per heavy atom. The summed E-state index contributed by atoms with van der Waals surface area (Å²) in [5.74, 6) is 1.56. The Balaban J connectivity index is 0.820. The van der Waals surface area contributed by atoms with Gasteiger partial charge in [-0.05, 0) is 147 Å². The normalized spacial score (nSPS) is 21.3. The van der Waals surface area contributed by atoms with Crippen molar-refractivity contribution < 1.29 is 32.7 Å². The quantitative estimate of drug-likeness (QED) is 0.0469. The fourth-order valence-electron chi connectivity index (χ4n) is 12.1. The average Bonchev–Trinajstić information content (AvgIpc) is 3.89. The van der Waals surface area contributed by atoms with Crippen LogP contribution in [0.4, 0.5) is 17.1 Å². The van der Waals surface area contributed by atoms with Crippen molar-refractivity contribution in [2.45, 2.75) is 121 Å². The van der Waals surface area contributed by atoms with Crippen molar-refractivity contribution in [3.05, 3.63) is 142 Å². The molecule has 4 aliphatic rings. The van der Waals surface area contributed by atoms with Crippen LogP contribution in [0.2, 0.25) is 0 Å². The van der Waals surface area contributed by atoms with Gasteiger partial charge in [-0.1, -0.05) is 64.1 Å². The standard InChI is InChI=1S/C60H74N8O8S/c1-40(2)39-75-47-13-10-43(11-14-47)37-65-28-29-67(55(38-65)51-9-7-6-8-50(51)41(3)4)46-33-60(34-46)23-26-66(27-24-60)45-12-16-52(56(31-45)76-48-30-44-20-25-61-57(44)63-36-48)58(69)64-77(73,74)49-15-17-53(54(32-49)68(71)72)62-35-42-18-21-59(5,70)22-19-42/h6-17,20,25,30-32,36,40-42,46,55,62,70H,18-19,21-24,26-29,33-35,37-39H2,1-5H3,(H,61,63)(H,64,69)/t42-,55-,59-/m0/s1. The van der Waals surface area contributed by atoms with E-state index in [-0.39, 0.29) is 34.4 Å². The van der Waals surface area contributed by atoms with E-state index in [4.69, 9.17) is 9.47 Å². The topological polar surface area (TPSA) is 195 Å². The molecule has 4 aromatic carbocycles. The van der Waals surface area contributed by atoms with Gasteiger partial charge >= 0.3 is 0 Å². The second kappa shape index (κ2) is 22.4. The number of benzene rings is 4. The number of pyridine rings is 1. The fraction of sp³-hybridized carbons (Fsp3) is 0.467. The maximum Gasteiger partial charge on any atom is 0.293 e. The van der Waals surface area contributed by atoms with Crippen molar-refractivity contribution in [2.75, 3.05) is 56.1 Å². The number of nitro benzene ring substituents is 1. The third-order valence-corrected chi connectivity index (χ3v) is 18.0. The largest absolute Gasteiger partial charge is 0.493 e. The first kappa shape index (κ1) is 53.9. The van der Waals surface area contributed by atoms with Gasteiger partial charge < -0.3 is 29.8 Å². The number of H-pyrrole nitrogens is 1. The number of fused-ring (bicyclic) bond motifs is 1. The van der Waals surface area contributed by atoms with Crippen molar-refractivity contribution in [2.24, 2.45) is 17.3 Å². The summed E-state index contributed by atoms with van der Waals surface area (Å²) in [5, 5.41) is 26.5. The molecule has 10 rings (SSSR count). The molecule has 1 atom stereocenters. The van der Waals surface area contributed by atoms with E-state index in [1.165, 1.54) is 28.8 Å². The van der Waals surface area contributed by atoms with Gasteiger partial charge in [-0.2, -0.15) is 0 Å². The molecule has 408 valence electrons. The average molecular weight is 1070 g/mol. The number of hydrogen-bond donors (Lipinski definition) is 4. The number of aromatic nitrogens is 2. The molecule has 4 N–H and O–H groups in total. The number of piperidine rings is 1. The van der Waals surface area contributed by atoms with Crippen LogP contribution in [0.3, 0.4) is 0 Å². The summed E-state index contributed by atoms with van der Waals surface area (Å²) in [6.45, 7) is 17.4. The second-order valence-electron chi connectivity index (χ2n) is 23.2. The first-order chi connectivity index (χ1) is 36.9. The number of aliphatic hydroxyl groups is 1. The predicted molar refractivity (Wildman–Crippen MR) is 300 cm³/mol. The summed E-state index contributed by atoms with van der Waals surface area (Å²) in [5.41, 5.74) is 4.89. The van der Waals surface area contributed by atoms with Crippen LogP contribution in [0.25, 0.3) is 11.0 Å². The predicted octanol–water partition coefficient (Wildman–Crippen LogP) is 11.2. The minimum absolute atomic E-state index is 0.0284. The third-order valence-electron chi connectivity index (χ3n) is 16.7. The van der Waals surface area contributed by atoms with E-state index < -0.39 is 37.0 Å². The number of nitro groups is 1. The van der Waals surface area contributed by atoms with Crippen molar-refractivity contribution >= 4 is 44.0 Å². The van der Waals surface area contributed by atoms with Crippen LogP contribution in [-0.2, 0) is 16.6 Å². The molecule has 16 nitrogen and oxygen atoms in total. The Morgan fingerprint density at radius 2 is 1.66 bits per heavy atom. The molecule has 4 heterocycles. The van der Waals surface area contributed by atoms with Crippen LogP contribution in [-0.4, -0.2) is 102 Å². The summed E-state index contributed by atoms with van der Waals surface area (Å²) in [4.78, 5) is 40.6. The van der Waals surface area contributed by atoms with E-state index in [0.29, 0.717) is 55.3 Å². The first-order valence-corrected chi connectivity index (χ1v) is 29.0. The Hall–Kier alpha value is -6.53. The number of rotatable bonds is 18. The van der Waals surface area contributed by atoms with Crippen LogP contribution < -0.4 is 24.4 Å². The molecule has 1 spiro atoms. The maximum atomic E-state index is 14.1. The SMILES string of the molecule is CC(C)COc1ccc(CN2CCN(C3CC4(CCN(c5ccc(C(=O)NS(=O)(=O)c6ccc(NC[C@H]7CC[C@](C)(O)CC7)c([N+](=O)[O-])c6)c(Oc6cnc7[nH]ccc7c6)c5)CC4)C3)[C@H](c3ccccc3C(C)C)C2)cc1. The lowest BCUT2D eigenvalue weighted by molar-refractivity contribution is -0.384. The summed E-state index contributed by atoms with van der Waals surface area (Å²) < 4.78 is 42.3. The molecular formula is C60H74N8O8S. The number of aromatic amines is 1. The van der Waals surface area contributed by atoms with E-state index in [1.54, 1.807) is 30.6 Å². The van der Waals surface area contributed by atoms with Gasteiger partial charge in [-0.25, -0.2) is 18.1 Å². The Labute approximate surface area is 452 Å².